The Morgan fingerprint density at radius 2 is 0.733 bits per heavy atom. The molecule has 1 aromatic heterocycles. The molecule has 60 heavy (non-hydrogen) atoms. The van der Waals surface area contributed by atoms with E-state index in [1.807, 2.05) is 12.1 Å². The van der Waals surface area contributed by atoms with E-state index in [1.54, 1.807) is 0 Å². The molecule has 0 unspecified atom stereocenters. The molecule has 2 nitrogen and oxygen atoms in total. The minimum atomic E-state index is 0.857. The molecule has 0 bridgehead atoms. The first-order valence-electron chi connectivity index (χ1n) is 20.5. The summed E-state index contributed by atoms with van der Waals surface area (Å²) >= 11 is 0. The van der Waals surface area contributed by atoms with Gasteiger partial charge in [0.05, 0.1) is 0 Å². The van der Waals surface area contributed by atoms with Crippen molar-refractivity contribution in [3.8, 4) is 55.6 Å². The normalized spacial score (nSPS) is 11.3. The summed E-state index contributed by atoms with van der Waals surface area (Å²) < 4.78 is 6.49. The summed E-state index contributed by atoms with van der Waals surface area (Å²) in [5.74, 6) is 0. The van der Waals surface area contributed by atoms with E-state index in [9.17, 15) is 0 Å². The summed E-state index contributed by atoms with van der Waals surface area (Å²) in [7, 11) is 0. The first-order valence-corrected chi connectivity index (χ1v) is 20.5. The second kappa shape index (κ2) is 15.1. The quantitative estimate of drug-likeness (QED) is 0.153. The fourth-order valence-electron chi connectivity index (χ4n) is 8.91. The maximum Gasteiger partial charge on any atom is 0.137 e. The average molecular weight is 766 g/mol. The molecule has 10 aromatic carbocycles. The third-order valence-corrected chi connectivity index (χ3v) is 11.7. The molecular formula is C58H39NO. The van der Waals surface area contributed by atoms with Gasteiger partial charge < -0.3 is 9.32 Å². The standard InChI is InChI=1S/C58H39NO/c1-3-17-40(18-4-1)49-28-9-10-30-55(49)58-51(42-19-5-2-6-20-42)32-16-33-52(58)44-24-14-26-46(38-44)59(47-35-36-54-53-29-11-12-34-56(53)60-57(54)39-47)45-25-13-23-43(37-45)50-31-15-22-41-21-7-8-27-48(41)50/h1-39H. The molecule has 0 atom stereocenters. The fraction of sp³-hybridized carbons (Fsp3) is 0. The van der Waals surface area contributed by atoms with Crippen LogP contribution in [0, 0.1) is 0 Å². The topological polar surface area (TPSA) is 16.4 Å². The molecular weight excluding hydrogens is 727 g/mol. The van der Waals surface area contributed by atoms with Crippen LogP contribution in [-0.4, -0.2) is 0 Å². The van der Waals surface area contributed by atoms with Crippen molar-refractivity contribution in [2.45, 2.75) is 0 Å². The number of fused-ring (bicyclic) bond motifs is 4. The number of para-hydroxylation sites is 1. The lowest BCUT2D eigenvalue weighted by atomic mass is 9.84. The second-order valence-electron chi connectivity index (χ2n) is 15.2. The summed E-state index contributed by atoms with van der Waals surface area (Å²) in [4.78, 5) is 2.36. The first kappa shape index (κ1) is 35.2. The highest BCUT2D eigenvalue weighted by Gasteiger charge is 2.21. The second-order valence-corrected chi connectivity index (χ2v) is 15.2. The van der Waals surface area contributed by atoms with Crippen LogP contribution in [-0.2, 0) is 0 Å². The van der Waals surface area contributed by atoms with Gasteiger partial charge in [-0.1, -0.05) is 188 Å². The lowest BCUT2D eigenvalue weighted by Gasteiger charge is -2.27. The van der Waals surface area contributed by atoms with Gasteiger partial charge in [-0.3, -0.25) is 0 Å². The Hall–Kier alpha value is -7.94. The Morgan fingerprint density at radius 1 is 0.267 bits per heavy atom. The molecule has 0 aliphatic rings. The zero-order valence-electron chi connectivity index (χ0n) is 32.9. The molecule has 0 aliphatic carbocycles. The zero-order valence-corrected chi connectivity index (χ0v) is 32.9. The lowest BCUT2D eigenvalue weighted by Crippen LogP contribution is -2.10. The SMILES string of the molecule is c1ccc(-c2ccccc2-c2c(-c3ccccc3)cccc2-c2cccc(N(c3cccc(-c4cccc5ccccc45)c3)c3ccc4c(c3)oc3ccccc34)c2)cc1. The van der Waals surface area contributed by atoms with E-state index in [0.29, 0.717) is 0 Å². The van der Waals surface area contributed by atoms with E-state index < -0.39 is 0 Å². The molecule has 0 radical (unpaired) electrons. The summed E-state index contributed by atoms with van der Waals surface area (Å²) in [6, 6.07) is 85.0. The molecule has 0 saturated carbocycles. The van der Waals surface area contributed by atoms with Gasteiger partial charge in [-0.25, -0.2) is 0 Å². The predicted molar refractivity (Wildman–Crippen MR) is 253 cm³/mol. The molecule has 2 heteroatoms. The van der Waals surface area contributed by atoms with Crippen LogP contribution in [0.2, 0.25) is 0 Å². The summed E-state index contributed by atoms with van der Waals surface area (Å²) in [5.41, 5.74) is 16.7. The highest BCUT2D eigenvalue weighted by atomic mass is 16.3. The van der Waals surface area contributed by atoms with Crippen LogP contribution in [0.5, 0.6) is 0 Å². The minimum Gasteiger partial charge on any atom is -0.456 e. The molecule has 11 rings (SSSR count). The number of anilines is 3. The first-order chi connectivity index (χ1) is 29.8. The van der Waals surface area contributed by atoms with Crippen molar-refractivity contribution in [3.63, 3.8) is 0 Å². The van der Waals surface area contributed by atoms with Crippen molar-refractivity contribution >= 4 is 49.8 Å². The third-order valence-electron chi connectivity index (χ3n) is 11.7. The molecule has 0 aliphatic heterocycles. The highest BCUT2D eigenvalue weighted by Crippen LogP contribution is 2.46. The lowest BCUT2D eigenvalue weighted by molar-refractivity contribution is 0.669. The number of nitrogens with zero attached hydrogens (tertiary/aromatic N) is 1. The van der Waals surface area contributed by atoms with Gasteiger partial charge in [0.15, 0.2) is 0 Å². The molecule has 0 spiro atoms. The summed E-state index contributed by atoms with van der Waals surface area (Å²) in [6.07, 6.45) is 0. The number of furan rings is 1. The minimum absolute atomic E-state index is 0.857. The number of hydrogen-bond donors (Lipinski definition) is 0. The molecule has 1 heterocycles. The maximum atomic E-state index is 6.49. The highest BCUT2D eigenvalue weighted by molar-refractivity contribution is 6.06. The van der Waals surface area contributed by atoms with Gasteiger partial charge in [0.1, 0.15) is 11.2 Å². The van der Waals surface area contributed by atoms with Gasteiger partial charge in [-0.2, -0.15) is 0 Å². The smallest absolute Gasteiger partial charge is 0.137 e. The Balaban J connectivity index is 1.12. The molecule has 282 valence electrons. The maximum absolute atomic E-state index is 6.49. The van der Waals surface area contributed by atoms with E-state index in [2.05, 4.69) is 229 Å². The molecule has 11 aromatic rings. The number of rotatable bonds is 8. The summed E-state index contributed by atoms with van der Waals surface area (Å²) in [6.45, 7) is 0. The van der Waals surface area contributed by atoms with Crippen LogP contribution in [0.1, 0.15) is 0 Å². The Kier molecular flexibility index (Phi) is 8.87. The third kappa shape index (κ3) is 6.32. The van der Waals surface area contributed by atoms with Gasteiger partial charge in [-0.05, 0) is 109 Å². The van der Waals surface area contributed by atoms with Gasteiger partial charge in [-0.15, -0.1) is 0 Å². The van der Waals surface area contributed by atoms with Gasteiger partial charge in [0, 0.05) is 33.9 Å². The predicted octanol–water partition coefficient (Wildman–Crippen LogP) is 16.5. The molecule has 0 amide bonds. The average Bonchev–Trinajstić information content (AvgIpc) is 3.70. The number of benzene rings is 10. The van der Waals surface area contributed by atoms with E-state index in [1.165, 1.54) is 55.3 Å². The van der Waals surface area contributed by atoms with Crippen LogP contribution in [0.25, 0.3) is 88.3 Å². The van der Waals surface area contributed by atoms with Crippen LogP contribution in [0.15, 0.2) is 241 Å². The zero-order chi connectivity index (χ0) is 39.8. The molecule has 0 saturated heterocycles. The fourth-order valence-corrected chi connectivity index (χ4v) is 8.91. The Morgan fingerprint density at radius 3 is 1.48 bits per heavy atom. The van der Waals surface area contributed by atoms with Crippen molar-refractivity contribution in [3.05, 3.63) is 237 Å². The molecule has 0 N–H and O–H groups in total. The van der Waals surface area contributed by atoms with E-state index >= 15 is 0 Å². The van der Waals surface area contributed by atoms with E-state index in [-0.39, 0.29) is 0 Å². The van der Waals surface area contributed by atoms with Crippen molar-refractivity contribution < 1.29 is 4.42 Å². The van der Waals surface area contributed by atoms with Crippen LogP contribution < -0.4 is 4.90 Å². The van der Waals surface area contributed by atoms with E-state index in [4.69, 9.17) is 4.42 Å². The Labute approximate surface area is 349 Å². The van der Waals surface area contributed by atoms with Crippen LogP contribution >= 0.6 is 0 Å². The number of hydrogen-bond acceptors (Lipinski definition) is 2. The van der Waals surface area contributed by atoms with Crippen molar-refractivity contribution in [2.24, 2.45) is 0 Å². The van der Waals surface area contributed by atoms with Gasteiger partial charge >= 0.3 is 0 Å². The monoisotopic (exact) mass is 765 g/mol. The molecule has 0 fully saturated rings. The Bertz CT molecular complexity index is 3320. The van der Waals surface area contributed by atoms with E-state index in [0.717, 1.165) is 50.1 Å². The largest absolute Gasteiger partial charge is 0.456 e. The van der Waals surface area contributed by atoms with Gasteiger partial charge in [0.25, 0.3) is 0 Å². The summed E-state index contributed by atoms with van der Waals surface area (Å²) in [5, 5.41) is 4.68. The van der Waals surface area contributed by atoms with Gasteiger partial charge in [0.2, 0.25) is 0 Å². The van der Waals surface area contributed by atoms with Crippen molar-refractivity contribution in [2.75, 3.05) is 4.90 Å². The van der Waals surface area contributed by atoms with Crippen LogP contribution in [0.3, 0.4) is 0 Å². The van der Waals surface area contributed by atoms with Crippen molar-refractivity contribution in [1.29, 1.82) is 0 Å². The van der Waals surface area contributed by atoms with Crippen LogP contribution in [0.4, 0.5) is 17.1 Å². The van der Waals surface area contributed by atoms with Crippen molar-refractivity contribution in [1.82, 2.24) is 0 Å².